The van der Waals surface area contributed by atoms with Gasteiger partial charge in [0.25, 0.3) is 5.91 Å². The van der Waals surface area contributed by atoms with E-state index in [0.29, 0.717) is 24.7 Å². The number of carbonyl (C=O) groups excluding carboxylic acids is 2. The summed E-state index contributed by atoms with van der Waals surface area (Å²) < 4.78 is 0. The summed E-state index contributed by atoms with van der Waals surface area (Å²) in [6.07, 6.45) is 10.7. The van der Waals surface area contributed by atoms with Gasteiger partial charge in [0, 0.05) is 51.2 Å². The molecule has 220 valence electrons. The number of urea groups is 1. The molecular formula is C31H37ClN8O2. The third-order valence-electron chi connectivity index (χ3n) is 9.28. The molecule has 3 saturated heterocycles. The van der Waals surface area contributed by atoms with Crippen molar-refractivity contribution in [1.29, 1.82) is 0 Å². The van der Waals surface area contributed by atoms with E-state index in [1.807, 2.05) is 18.5 Å². The van der Waals surface area contributed by atoms with Gasteiger partial charge in [-0.15, -0.1) is 0 Å². The molecule has 5 heterocycles. The number of nitrogens with one attached hydrogen (secondary N) is 2. The molecule has 42 heavy (non-hydrogen) atoms. The van der Waals surface area contributed by atoms with Crippen LogP contribution in [0.25, 0.3) is 0 Å². The zero-order chi connectivity index (χ0) is 29.2. The fourth-order valence-corrected chi connectivity index (χ4v) is 6.91. The molecule has 3 fully saturated rings. The lowest BCUT2D eigenvalue weighted by atomic mass is 9.77. The summed E-state index contributed by atoms with van der Waals surface area (Å²) >= 11 is 6.57. The van der Waals surface area contributed by atoms with Crippen LogP contribution in [0.3, 0.4) is 0 Å². The van der Waals surface area contributed by atoms with Crippen LogP contribution in [0.15, 0.2) is 61.3 Å². The van der Waals surface area contributed by atoms with Gasteiger partial charge in [-0.25, -0.2) is 19.7 Å². The fourth-order valence-electron chi connectivity index (χ4n) is 6.66. The minimum atomic E-state index is -0.340. The second-order valence-electron chi connectivity index (χ2n) is 11.7. The van der Waals surface area contributed by atoms with Crippen LogP contribution < -0.4 is 20.4 Å². The van der Waals surface area contributed by atoms with Crippen molar-refractivity contribution in [3.63, 3.8) is 0 Å². The Morgan fingerprint density at radius 1 is 1.00 bits per heavy atom. The van der Waals surface area contributed by atoms with Crippen LogP contribution in [-0.4, -0.2) is 83.1 Å². The third-order valence-corrected chi connectivity index (χ3v) is 9.56. The van der Waals surface area contributed by atoms with Crippen LogP contribution in [0.1, 0.15) is 48.7 Å². The van der Waals surface area contributed by atoms with Gasteiger partial charge in [-0.05, 0) is 37.3 Å². The molecular weight excluding hydrogens is 552 g/mol. The van der Waals surface area contributed by atoms with E-state index in [9.17, 15) is 9.59 Å². The van der Waals surface area contributed by atoms with Crippen molar-refractivity contribution in [1.82, 2.24) is 30.5 Å². The lowest BCUT2D eigenvalue weighted by molar-refractivity contribution is 0.0945. The Morgan fingerprint density at radius 3 is 2.45 bits per heavy atom. The first-order chi connectivity index (χ1) is 20.4. The average molecular weight is 589 g/mol. The van der Waals surface area contributed by atoms with Gasteiger partial charge in [0.2, 0.25) is 0 Å². The Bertz CT molecular complexity index is 1420. The van der Waals surface area contributed by atoms with E-state index in [1.54, 1.807) is 11.1 Å². The van der Waals surface area contributed by atoms with E-state index in [0.717, 1.165) is 63.2 Å². The van der Waals surface area contributed by atoms with E-state index in [4.69, 9.17) is 11.6 Å². The third kappa shape index (κ3) is 5.60. The average Bonchev–Trinajstić information content (AvgIpc) is 3.60. The minimum Gasteiger partial charge on any atom is -0.369 e. The topological polar surface area (TPSA) is 107 Å². The van der Waals surface area contributed by atoms with Crippen molar-refractivity contribution in [2.24, 2.45) is 0 Å². The molecule has 1 aromatic carbocycles. The Hall–Kier alpha value is -3.92. The molecule has 11 heteroatoms. The number of aromatic nitrogens is 3. The Labute approximate surface area is 251 Å². The number of piperidine rings is 1. The fraction of sp³-hybridized carbons (Fsp3) is 0.452. The Morgan fingerprint density at radius 2 is 1.74 bits per heavy atom. The second kappa shape index (κ2) is 11.8. The lowest BCUT2D eigenvalue weighted by Crippen LogP contribution is -2.52. The van der Waals surface area contributed by atoms with Gasteiger partial charge in [0.15, 0.2) is 0 Å². The highest BCUT2D eigenvalue weighted by atomic mass is 35.5. The smallest absolute Gasteiger partial charge is 0.318 e. The number of benzene rings is 1. The largest absolute Gasteiger partial charge is 0.369 e. The van der Waals surface area contributed by atoms with Gasteiger partial charge >= 0.3 is 6.03 Å². The number of anilines is 2. The first-order valence-electron chi connectivity index (χ1n) is 14.7. The van der Waals surface area contributed by atoms with Crippen LogP contribution in [0.4, 0.5) is 16.2 Å². The number of nitrogens with zero attached hydrogens (tertiary/aromatic N) is 6. The minimum absolute atomic E-state index is 0.0921. The Balaban J connectivity index is 1.00. The van der Waals surface area contributed by atoms with Crippen LogP contribution in [0, 0.1) is 0 Å². The molecule has 3 aliphatic rings. The molecule has 2 aromatic heterocycles. The maximum Gasteiger partial charge on any atom is 0.318 e. The van der Waals surface area contributed by atoms with Crippen molar-refractivity contribution in [3.05, 3.63) is 77.6 Å². The summed E-state index contributed by atoms with van der Waals surface area (Å²) in [4.78, 5) is 44.7. The van der Waals surface area contributed by atoms with Gasteiger partial charge in [-0.3, -0.25) is 4.79 Å². The first-order valence-corrected chi connectivity index (χ1v) is 15.1. The molecule has 10 nitrogen and oxygen atoms in total. The molecule has 1 spiro atoms. The van der Waals surface area contributed by atoms with Crippen molar-refractivity contribution < 1.29 is 9.59 Å². The molecule has 0 aliphatic carbocycles. The summed E-state index contributed by atoms with van der Waals surface area (Å²) in [6.45, 7) is 7.02. The molecule has 0 bridgehead atoms. The number of halogens is 1. The number of rotatable bonds is 8. The van der Waals surface area contributed by atoms with E-state index in [2.05, 4.69) is 72.6 Å². The van der Waals surface area contributed by atoms with Crippen LogP contribution in [-0.2, 0) is 5.41 Å². The number of hydrogen-bond acceptors (Lipinski definition) is 7. The van der Waals surface area contributed by atoms with Crippen molar-refractivity contribution >= 4 is 34.9 Å². The number of pyridine rings is 1. The second-order valence-corrected chi connectivity index (χ2v) is 12.1. The van der Waals surface area contributed by atoms with Gasteiger partial charge in [-0.2, -0.15) is 0 Å². The molecule has 0 radical (unpaired) electrons. The van der Waals surface area contributed by atoms with Gasteiger partial charge < -0.3 is 25.3 Å². The molecule has 3 aromatic rings. The SMILES string of the molecule is CC[C@]1(c2ccccc2)CCN(c2cnc(C(=O)NCCN3CC4(CCN(c5cncnc5)CC4)NC3=O)c(Cl)c2)C1. The maximum atomic E-state index is 12.9. The van der Waals surface area contributed by atoms with Gasteiger partial charge in [0.05, 0.1) is 40.5 Å². The lowest BCUT2D eigenvalue weighted by Gasteiger charge is -2.39. The zero-order valence-electron chi connectivity index (χ0n) is 23.9. The summed E-state index contributed by atoms with van der Waals surface area (Å²) in [5, 5.41) is 6.42. The maximum absolute atomic E-state index is 12.9. The molecule has 0 unspecified atom stereocenters. The summed E-state index contributed by atoms with van der Waals surface area (Å²) in [5.41, 5.74) is 3.32. The predicted molar refractivity (Wildman–Crippen MR) is 163 cm³/mol. The van der Waals surface area contributed by atoms with E-state index in [-0.39, 0.29) is 28.6 Å². The zero-order valence-corrected chi connectivity index (χ0v) is 24.7. The van der Waals surface area contributed by atoms with Crippen LogP contribution in [0.5, 0.6) is 0 Å². The highest BCUT2D eigenvalue weighted by molar-refractivity contribution is 6.33. The Kier molecular flexibility index (Phi) is 7.90. The van der Waals surface area contributed by atoms with Gasteiger partial charge in [-0.1, -0.05) is 48.9 Å². The number of hydrogen-bond donors (Lipinski definition) is 2. The van der Waals surface area contributed by atoms with E-state index >= 15 is 0 Å². The van der Waals surface area contributed by atoms with Crippen molar-refractivity contribution in [2.75, 3.05) is 55.6 Å². The summed E-state index contributed by atoms with van der Waals surface area (Å²) in [5.74, 6) is -0.340. The standard InChI is InChI=1S/C31H37ClN8O2/c1-2-30(23-6-4-3-5-7-23)8-12-39(20-30)24-16-26(32)27(36-19-24)28(41)35-11-15-40-21-31(37-29(40)42)9-13-38(14-10-31)25-17-33-22-34-18-25/h3-7,16-19,22H,2,8-15,20-21H2,1H3,(H,35,41)(H,37,42)/t30-/m0/s1. The van der Waals surface area contributed by atoms with E-state index in [1.165, 1.54) is 11.9 Å². The number of carbonyl (C=O) groups is 2. The monoisotopic (exact) mass is 588 g/mol. The normalized spacial score (nSPS) is 21.6. The molecule has 6 rings (SSSR count). The van der Waals surface area contributed by atoms with Crippen LogP contribution in [0.2, 0.25) is 5.02 Å². The van der Waals surface area contributed by atoms with Gasteiger partial charge in [0.1, 0.15) is 12.0 Å². The van der Waals surface area contributed by atoms with Crippen LogP contribution >= 0.6 is 11.6 Å². The molecule has 1 atom stereocenters. The molecule has 3 amide bonds. The van der Waals surface area contributed by atoms with E-state index < -0.39 is 0 Å². The highest BCUT2D eigenvalue weighted by Gasteiger charge is 2.44. The van der Waals surface area contributed by atoms with Crippen molar-refractivity contribution in [2.45, 2.75) is 43.6 Å². The molecule has 2 N–H and O–H groups in total. The highest BCUT2D eigenvalue weighted by Crippen LogP contribution is 2.40. The molecule has 0 saturated carbocycles. The quantitative estimate of drug-likeness (QED) is 0.411. The first kappa shape index (κ1) is 28.2. The predicted octanol–water partition coefficient (Wildman–Crippen LogP) is 3.88. The summed E-state index contributed by atoms with van der Waals surface area (Å²) in [7, 11) is 0. The number of amides is 3. The summed E-state index contributed by atoms with van der Waals surface area (Å²) in [6, 6.07) is 12.4. The van der Waals surface area contributed by atoms with Crippen molar-refractivity contribution in [3.8, 4) is 0 Å². The molecule has 3 aliphatic heterocycles.